The second kappa shape index (κ2) is 13.1. The van der Waals surface area contributed by atoms with Crippen molar-refractivity contribution < 1.29 is 32.6 Å². The minimum Gasteiger partial charge on any atom is -0.428 e. The van der Waals surface area contributed by atoms with Crippen molar-refractivity contribution in [2.45, 2.75) is 68.0 Å². The molecule has 0 bridgehead atoms. The molecule has 0 aromatic heterocycles. The fourth-order valence-corrected chi connectivity index (χ4v) is 8.14. The molecule has 242 valence electrons. The van der Waals surface area contributed by atoms with Crippen LogP contribution in [0.5, 0.6) is 0 Å². The van der Waals surface area contributed by atoms with Crippen LogP contribution >= 0.6 is 11.6 Å². The number of halogens is 1. The van der Waals surface area contributed by atoms with Crippen molar-refractivity contribution in [3.05, 3.63) is 53.3 Å². The Morgan fingerprint density at radius 1 is 1.00 bits per heavy atom. The third-order valence-corrected chi connectivity index (χ3v) is 11.1. The van der Waals surface area contributed by atoms with Gasteiger partial charge in [-0.25, -0.2) is 13.2 Å². The molecule has 3 aliphatic heterocycles. The molecule has 3 amide bonds. The zero-order valence-electron chi connectivity index (χ0n) is 24.9. The molecule has 0 unspecified atom stereocenters. The van der Waals surface area contributed by atoms with Gasteiger partial charge in [-0.3, -0.25) is 9.59 Å². The summed E-state index contributed by atoms with van der Waals surface area (Å²) in [6, 6.07) is 9.81. The van der Waals surface area contributed by atoms with Gasteiger partial charge in [0.15, 0.2) is 16.6 Å². The van der Waals surface area contributed by atoms with Crippen LogP contribution in [-0.4, -0.2) is 108 Å². The van der Waals surface area contributed by atoms with E-state index < -0.39 is 33.7 Å². The molecule has 1 saturated carbocycles. The Labute approximate surface area is 267 Å². The molecule has 45 heavy (non-hydrogen) atoms. The number of nitrogens with one attached hydrogen (secondary N) is 1. The first-order valence-electron chi connectivity index (χ1n) is 15.4. The molecule has 0 spiro atoms. The van der Waals surface area contributed by atoms with E-state index in [0.717, 1.165) is 31.1 Å². The maximum atomic E-state index is 13.2. The van der Waals surface area contributed by atoms with Gasteiger partial charge in [-0.05, 0) is 60.7 Å². The summed E-state index contributed by atoms with van der Waals surface area (Å²) in [5.41, 5.74) is 0.544. The summed E-state index contributed by atoms with van der Waals surface area (Å²) in [5.74, 6) is -1.47. The minimum absolute atomic E-state index is 0.0260. The number of ether oxygens (including phenoxy) is 1. The Morgan fingerprint density at radius 3 is 2.44 bits per heavy atom. The van der Waals surface area contributed by atoms with E-state index in [1.54, 1.807) is 40.3 Å². The number of piperidine rings is 1. The Morgan fingerprint density at radius 2 is 1.71 bits per heavy atom. The van der Waals surface area contributed by atoms with Crippen LogP contribution in [0.25, 0.3) is 10.8 Å². The molecule has 2 N–H and O–H groups in total. The van der Waals surface area contributed by atoms with Gasteiger partial charge in [0, 0.05) is 36.4 Å². The zero-order chi connectivity index (χ0) is 31.7. The van der Waals surface area contributed by atoms with Crippen molar-refractivity contribution in [2.24, 2.45) is 0 Å². The molecule has 3 heterocycles. The molecule has 14 heteroatoms. The molecule has 12 nitrogen and oxygen atoms in total. The number of nitrogens with zero attached hydrogens (tertiary/aromatic N) is 4. The van der Waals surface area contributed by atoms with Crippen molar-refractivity contribution >= 4 is 50.1 Å². The number of carbonyl (C=O) groups excluding carboxylic acids is 3. The van der Waals surface area contributed by atoms with E-state index in [1.807, 2.05) is 4.90 Å². The Balaban J connectivity index is 0.969. The minimum atomic E-state index is -3.94. The molecule has 1 aliphatic carbocycles. The summed E-state index contributed by atoms with van der Waals surface area (Å²) in [4.78, 5) is 45.4. The van der Waals surface area contributed by atoms with Gasteiger partial charge >= 0.3 is 6.09 Å². The number of alkyl carbamates (subject to hydrolysis) is 1. The molecule has 4 aliphatic rings. The third kappa shape index (κ3) is 7.00. The van der Waals surface area contributed by atoms with Crippen LogP contribution in [0.3, 0.4) is 0 Å². The van der Waals surface area contributed by atoms with Crippen molar-refractivity contribution in [2.75, 3.05) is 38.9 Å². The number of hydrogen-bond donors (Lipinski definition) is 2. The molecule has 1 atom stereocenters. The SMILES string of the molecule is O=C(NC1CCCCC1)OCN1C=C2C(=O)N(C3CCN(C(=O)[C@H](O)CS(=O)(=O)c4ccc5cc(Cl)ccc5c4)CC3)CN2C1. The Bertz CT molecular complexity index is 1600. The lowest BCUT2D eigenvalue weighted by Crippen LogP contribution is -2.51. The molecule has 6 rings (SSSR count). The monoisotopic (exact) mass is 659 g/mol. The normalized spacial score (nSPS) is 20.4. The second-order valence-electron chi connectivity index (χ2n) is 12.2. The lowest BCUT2D eigenvalue weighted by atomic mass is 9.96. The van der Waals surface area contributed by atoms with Crippen molar-refractivity contribution in [3.63, 3.8) is 0 Å². The molecular formula is C31H38ClN5O7S. The van der Waals surface area contributed by atoms with Crippen LogP contribution in [0, 0.1) is 0 Å². The first-order chi connectivity index (χ1) is 21.6. The van der Waals surface area contributed by atoms with E-state index >= 15 is 0 Å². The maximum absolute atomic E-state index is 13.2. The largest absolute Gasteiger partial charge is 0.428 e. The molecule has 0 radical (unpaired) electrons. The van der Waals surface area contributed by atoms with E-state index in [2.05, 4.69) is 5.32 Å². The van der Waals surface area contributed by atoms with Crippen LogP contribution in [0.1, 0.15) is 44.9 Å². The van der Waals surface area contributed by atoms with Gasteiger partial charge in [-0.1, -0.05) is 43.0 Å². The van der Waals surface area contributed by atoms with Gasteiger partial charge in [0.2, 0.25) is 0 Å². The number of aliphatic hydroxyl groups is 1. The summed E-state index contributed by atoms with van der Waals surface area (Å²) in [6.07, 6.45) is 5.98. The van der Waals surface area contributed by atoms with Crippen LogP contribution in [0.4, 0.5) is 4.79 Å². The summed E-state index contributed by atoms with van der Waals surface area (Å²) in [5, 5.41) is 15.6. The number of benzene rings is 2. The second-order valence-corrected chi connectivity index (χ2v) is 14.7. The van der Waals surface area contributed by atoms with Crippen molar-refractivity contribution in [1.29, 1.82) is 0 Å². The van der Waals surface area contributed by atoms with Crippen LogP contribution in [0.15, 0.2) is 53.2 Å². The number of fused-ring (bicyclic) bond motifs is 2. The highest BCUT2D eigenvalue weighted by molar-refractivity contribution is 7.91. The molecule has 3 fully saturated rings. The highest BCUT2D eigenvalue weighted by atomic mass is 35.5. The number of aliphatic hydroxyl groups excluding tert-OH is 1. The molecular weight excluding hydrogens is 622 g/mol. The van der Waals surface area contributed by atoms with Crippen molar-refractivity contribution in [3.8, 4) is 0 Å². The first kappa shape index (κ1) is 31.4. The van der Waals surface area contributed by atoms with Crippen LogP contribution in [-0.2, 0) is 24.2 Å². The van der Waals surface area contributed by atoms with Gasteiger partial charge in [-0.2, -0.15) is 0 Å². The topological polar surface area (TPSA) is 140 Å². The van der Waals surface area contributed by atoms with Gasteiger partial charge in [0.25, 0.3) is 11.8 Å². The summed E-state index contributed by atoms with van der Waals surface area (Å²) >= 11 is 6.01. The van der Waals surface area contributed by atoms with E-state index in [0.29, 0.717) is 55.4 Å². The smallest absolute Gasteiger partial charge is 0.409 e. The number of rotatable bonds is 8. The zero-order valence-corrected chi connectivity index (χ0v) is 26.5. The number of likely N-dealkylation sites (tertiary alicyclic amines) is 1. The lowest BCUT2D eigenvalue weighted by Gasteiger charge is -2.37. The summed E-state index contributed by atoms with van der Waals surface area (Å²) < 4.78 is 31.5. The number of amides is 3. The van der Waals surface area contributed by atoms with Crippen molar-refractivity contribution in [1.82, 2.24) is 24.9 Å². The summed E-state index contributed by atoms with van der Waals surface area (Å²) in [6.45, 7) is 1.48. The van der Waals surface area contributed by atoms with E-state index in [-0.39, 0.29) is 29.6 Å². The van der Waals surface area contributed by atoms with Gasteiger partial charge < -0.3 is 34.8 Å². The van der Waals surface area contributed by atoms with Gasteiger partial charge in [-0.15, -0.1) is 0 Å². The van der Waals surface area contributed by atoms with Crippen LogP contribution < -0.4 is 5.32 Å². The number of carbonyl (C=O) groups is 3. The molecule has 2 saturated heterocycles. The number of sulfone groups is 1. The number of hydrogen-bond acceptors (Lipinski definition) is 9. The fraction of sp³-hybridized carbons (Fsp3) is 0.516. The van der Waals surface area contributed by atoms with E-state index in [9.17, 15) is 27.9 Å². The predicted octanol–water partition coefficient (Wildman–Crippen LogP) is 2.85. The lowest BCUT2D eigenvalue weighted by molar-refractivity contribution is -0.141. The Hall–Kier alpha value is -3.55. The van der Waals surface area contributed by atoms with E-state index in [4.69, 9.17) is 16.3 Å². The average molecular weight is 660 g/mol. The molecule has 2 aromatic rings. The fourth-order valence-electron chi connectivity index (χ4n) is 6.63. The van der Waals surface area contributed by atoms with Gasteiger partial charge in [0.05, 0.1) is 24.0 Å². The quantitative estimate of drug-likeness (QED) is 0.438. The van der Waals surface area contributed by atoms with E-state index in [1.165, 1.54) is 23.5 Å². The Kier molecular flexibility index (Phi) is 9.12. The summed E-state index contributed by atoms with van der Waals surface area (Å²) in [7, 11) is -3.94. The standard InChI is InChI=1S/C31H38ClN5O7S/c32-23-8-6-22-15-26(9-7-21(22)14-23)45(42,43)17-28(38)30(40)35-12-10-25(11-13-35)37-19-36-18-34(16-27(36)29(37)39)20-44-31(41)33-24-4-2-1-3-5-24/h6-9,14-16,24-25,28,38H,1-5,10-13,17-20H2,(H,33,41)/t28-/m1/s1. The average Bonchev–Trinajstić information content (AvgIpc) is 3.58. The maximum Gasteiger partial charge on any atom is 0.409 e. The predicted molar refractivity (Wildman–Crippen MR) is 166 cm³/mol. The first-order valence-corrected chi connectivity index (χ1v) is 17.4. The van der Waals surface area contributed by atoms with Crippen LogP contribution in [0.2, 0.25) is 5.02 Å². The highest BCUT2D eigenvalue weighted by Gasteiger charge is 2.42. The highest BCUT2D eigenvalue weighted by Crippen LogP contribution is 2.30. The molecule has 2 aromatic carbocycles. The third-order valence-electron chi connectivity index (χ3n) is 9.10. The van der Waals surface area contributed by atoms with Gasteiger partial charge in [0.1, 0.15) is 11.8 Å².